The van der Waals surface area contributed by atoms with Gasteiger partial charge in [-0.05, 0) is 49.3 Å². The Balaban J connectivity index is 2.67. The van der Waals surface area contributed by atoms with Crippen LogP contribution in [0.2, 0.25) is 0 Å². The zero-order chi connectivity index (χ0) is 23.9. The van der Waals surface area contributed by atoms with E-state index in [1.807, 2.05) is 31.2 Å². The average molecular weight is 448 g/mol. The summed E-state index contributed by atoms with van der Waals surface area (Å²) >= 11 is 0. The van der Waals surface area contributed by atoms with Crippen LogP contribution in [0, 0.1) is 5.92 Å². The zero-order valence-corrected chi connectivity index (χ0v) is 19.3. The van der Waals surface area contributed by atoms with Gasteiger partial charge < -0.3 is 27.0 Å². The Labute approximate surface area is 190 Å². The largest absolute Gasteiger partial charge is 0.352 e. The summed E-state index contributed by atoms with van der Waals surface area (Å²) in [5.74, 6) is -0.488. The Hall–Kier alpha value is -3.10. The van der Waals surface area contributed by atoms with E-state index in [1.165, 1.54) is 5.56 Å². The number of carbonyl (C=O) groups excluding carboxylic acids is 4. The van der Waals surface area contributed by atoms with Gasteiger partial charge in [0.1, 0.15) is 6.04 Å². The van der Waals surface area contributed by atoms with Gasteiger partial charge in [-0.25, -0.2) is 4.79 Å². The molecule has 0 aliphatic carbocycles. The van der Waals surface area contributed by atoms with E-state index in [4.69, 9.17) is 5.73 Å². The van der Waals surface area contributed by atoms with Crippen molar-refractivity contribution in [3.63, 3.8) is 0 Å². The van der Waals surface area contributed by atoms with E-state index in [0.717, 1.165) is 19.3 Å². The minimum Gasteiger partial charge on any atom is -0.352 e. The number of amides is 5. The predicted molar refractivity (Wildman–Crippen MR) is 125 cm³/mol. The van der Waals surface area contributed by atoms with Crippen molar-refractivity contribution in [3.05, 3.63) is 29.8 Å². The van der Waals surface area contributed by atoms with E-state index < -0.39 is 18.0 Å². The Kier molecular flexibility index (Phi) is 12.5. The average Bonchev–Trinajstić information content (AvgIpc) is 2.73. The molecule has 0 heterocycles. The van der Waals surface area contributed by atoms with Gasteiger partial charge in [0.25, 0.3) is 0 Å². The van der Waals surface area contributed by atoms with E-state index in [1.54, 1.807) is 0 Å². The molecule has 0 saturated heterocycles. The van der Waals surface area contributed by atoms with Crippen LogP contribution in [0.25, 0.3) is 0 Å². The fourth-order valence-corrected chi connectivity index (χ4v) is 3.06. The molecule has 5 amide bonds. The van der Waals surface area contributed by atoms with E-state index >= 15 is 0 Å². The lowest BCUT2D eigenvalue weighted by molar-refractivity contribution is -0.128. The molecule has 1 atom stereocenters. The predicted octanol–water partition coefficient (Wildman–Crippen LogP) is 2.06. The molecule has 32 heavy (non-hydrogen) atoms. The van der Waals surface area contributed by atoms with Crippen LogP contribution in [0.1, 0.15) is 58.4 Å². The molecular formula is C23H37N5O4. The van der Waals surface area contributed by atoms with Crippen molar-refractivity contribution in [1.82, 2.24) is 16.0 Å². The summed E-state index contributed by atoms with van der Waals surface area (Å²) in [5, 5.41) is 10.5. The van der Waals surface area contributed by atoms with Gasteiger partial charge >= 0.3 is 6.03 Å². The molecule has 0 saturated carbocycles. The maximum absolute atomic E-state index is 12.8. The highest BCUT2D eigenvalue weighted by Crippen LogP contribution is 2.14. The maximum Gasteiger partial charge on any atom is 0.312 e. The molecule has 0 aliphatic rings. The fraction of sp³-hybridized carbons (Fsp3) is 0.565. The first-order valence-electron chi connectivity index (χ1n) is 11.2. The Morgan fingerprint density at radius 3 is 2.25 bits per heavy atom. The summed E-state index contributed by atoms with van der Waals surface area (Å²) in [6.45, 7) is 6.35. The highest BCUT2D eigenvalue weighted by molar-refractivity contribution is 5.97. The third-order valence-corrected chi connectivity index (χ3v) is 4.69. The molecule has 0 spiro atoms. The number of anilines is 1. The van der Waals surface area contributed by atoms with Crippen molar-refractivity contribution in [2.24, 2.45) is 11.7 Å². The Morgan fingerprint density at radius 1 is 0.969 bits per heavy atom. The third-order valence-electron chi connectivity index (χ3n) is 4.69. The number of benzene rings is 1. The minimum absolute atomic E-state index is 0.199. The number of unbranched alkanes of at least 4 members (excludes halogenated alkanes) is 1. The van der Waals surface area contributed by atoms with E-state index in [0.29, 0.717) is 30.9 Å². The highest BCUT2D eigenvalue weighted by atomic mass is 16.2. The second kappa shape index (κ2) is 14.8. The first-order valence-corrected chi connectivity index (χ1v) is 11.2. The monoisotopic (exact) mass is 447 g/mol. The number of urea groups is 1. The summed E-state index contributed by atoms with van der Waals surface area (Å²) in [4.78, 5) is 47.6. The molecule has 9 nitrogen and oxygen atoms in total. The molecule has 1 aromatic carbocycles. The van der Waals surface area contributed by atoms with Gasteiger partial charge in [-0.3, -0.25) is 14.4 Å². The molecule has 1 aromatic rings. The van der Waals surface area contributed by atoms with Crippen molar-refractivity contribution in [2.45, 2.75) is 65.3 Å². The van der Waals surface area contributed by atoms with Crippen LogP contribution in [0.3, 0.4) is 0 Å². The summed E-state index contributed by atoms with van der Waals surface area (Å²) in [5.41, 5.74) is 6.87. The van der Waals surface area contributed by atoms with Crippen molar-refractivity contribution in [2.75, 3.05) is 18.4 Å². The van der Waals surface area contributed by atoms with Gasteiger partial charge in [-0.15, -0.1) is 0 Å². The normalized spacial score (nSPS) is 11.5. The second-order valence-corrected chi connectivity index (χ2v) is 8.22. The molecule has 0 fully saturated rings. The molecule has 1 unspecified atom stereocenters. The molecule has 0 radical (unpaired) electrons. The van der Waals surface area contributed by atoms with Gasteiger partial charge in [-0.2, -0.15) is 0 Å². The molecular weight excluding hydrogens is 410 g/mol. The van der Waals surface area contributed by atoms with E-state index in [-0.39, 0.29) is 24.9 Å². The van der Waals surface area contributed by atoms with Crippen LogP contribution in [-0.2, 0) is 20.8 Å². The van der Waals surface area contributed by atoms with Gasteiger partial charge in [0.2, 0.25) is 17.7 Å². The lowest BCUT2D eigenvalue weighted by Crippen LogP contribution is -2.47. The number of nitrogens with one attached hydrogen (secondary N) is 4. The first-order chi connectivity index (χ1) is 15.2. The third kappa shape index (κ3) is 11.9. The Morgan fingerprint density at radius 2 is 1.66 bits per heavy atom. The minimum atomic E-state index is -0.819. The number of hydrogen-bond donors (Lipinski definition) is 5. The van der Waals surface area contributed by atoms with Crippen LogP contribution in [-0.4, -0.2) is 42.9 Å². The summed E-state index contributed by atoms with van der Waals surface area (Å²) in [6, 6.07) is 6.12. The topological polar surface area (TPSA) is 142 Å². The fourth-order valence-electron chi connectivity index (χ4n) is 3.06. The van der Waals surface area contributed by atoms with Crippen LogP contribution < -0.4 is 27.0 Å². The standard InChI is InChI=1S/C23H37N5O4/c1-4-5-8-20(29)26-15-21(30)28-19(7-6-13-25-23(24)32)22(31)27-18-11-9-17(10-12-18)14-16(2)3/h9-12,16,19H,4-8,13-15H2,1-3H3,(H,26,29)(H,27,31)(H,28,30)(H3,24,25,32). The quantitative estimate of drug-likeness (QED) is 0.278. The lowest BCUT2D eigenvalue weighted by atomic mass is 10.0. The summed E-state index contributed by atoms with van der Waals surface area (Å²) in [7, 11) is 0. The second-order valence-electron chi connectivity index (χ2n) is 8.22. The maximum atomic E-state index is 12.8. The van der Waals surface area contributed by atoms with Gasteiger partial charge in [0.15, 0.2) is 0 Å². The molecule has 9 heteroatoms. The molecule has 0 bridgehead atoms. The van der Waals surface area contributed by atoms with Crippen molar-refractivity contribution < 1.29 is 19.2 Å². The van der Waals surface area contributed by atoms with Crippen molar-refractivity contribution >= 4 is 29.4 Å². The summed E-state index contributed by atoms with van der Waals surface area (Å²) in [6.07, 6.45) is 3.69. The van der Waals surface area contributed by atoms with Crippen LogP contribution in [0.4, 0.5) is 10.5 Å². The van der Waals surface area contributed by atoms with Crippen LogP contribution >= 0.6 is 0 Å². The SMILES string of the molecule is CCCCC(=O)NCC(=O)NC(CCCNC(N)=O)C(=O)Nc1ccc(CC(C)C)cc1. The van der Waals surface area contributed by atoms with Crippen molar-refractivity contribution in [3.8, 4) is 0 Å². The molecule has 0 aliphatic heterocycles. The van der Waals surface area contributed by atoms with Gasteiger partial charge in [0.05, 0.1) is 6.54 Å². The zero-order valence-electron chi connectivity index (χ0n) is 19.3. The lowest BCUT2D eigenvalue weighted by Gasteiger charge is -2.19. The Bertz CT molecular complexity index is 749. The van der Waals surface area contributed by atoms with Crippen LogP contribution in [0.5, 0.6) is 0 Å². The molecule has 178 valence electrons. The van der Waals surface area contributed by atoms with Gasteiger partial charge in [0, 0.05) is 18.7 Å². The molecule has 1 rings (SSSR count). The van der Waals surface area contributed by atoms with E-state index in [2.05, 4.69) is 35.1 Å². The highest BCUT2D eigenvalue weighted by Gasteiger charge is 2.21. The van der Waals surface area contributed by atoms with Crippen molar-refractivity contribution in [1.29, 1.82) is 0 Å². The number of hydrogen-bond acceptors (Lipinski definition) is 4. The van der Waals surface area contributed by atoms with Crippen LogP contribution in [0.15, 0.2) is 24.3 Å². The number of nitrogens with two attached hydrogens (primary N) is 1. The molecule has 6 N–H and O–H groups in total. The number of primary amides is 1. The first kappa shape index (κ1) is 26.9. The van der Waals surface area contributed by atoms with E-state index in [9.17, 15) is 19.2 Å². The van der Waals surface area contributed by atoms with Gasteiger partial charge in [-0.1, -0.05) is 39.3 Å². The number of carbonyl (C=O) groups is 4. The number of rotatable bonds is 14. The smallest absolute Gasteiger partial charge is 0.312 e. The summed E-state index contributed by atoms with van der Waals surface area (Å²) < 4.78 is 0. The molecule has 0 aromatic heterocycles.